The lowest BCUT2D eigenvalue weighted by atomic mass is 9.99. The molecule has 7 nitrogen and oxygen atoms in total. The van der Waals surface area contributed by atoms with Gasteiger partial charge in [0.2, 0.25) is 5.91 Å². The molecule has 208 valence electrons. The molecule has 0 fully saturated rings. The molecule has 0 radical (unpaired) electrons. The Morgan fingerprint density at radius 1 is 0.872 bits per heavy atom. The maximum atomic E-state index is 13.5. The average molecular weight is 551 g/mol. The summed E-state index contributed by atoms with van der Waals surface area (Å²) in [6.07, 6.45) is 2.10. The van der Waals surface area contributed by atoms with E-state index in [1.165, 1.54) is 11.8 Å². The maximum Gasteiger partial charge on any atom is 0.261 e. The van der Waals surface area contributed by atoms with Gasteiger partial charge in [0.1, 0.15) is 17.6 Å². The molecular weight excluding hydrogens is 512 g/mol. The van der Waals surface area contributed by atoms with E-state index in [0.29, 0.717) is 30.8 Å². The number of benzene rings is 2. The quantitative estimate of drug-likeness (QED) is 0.255. The fraction of sp³-hybridized carbons (Fsp3) is 0.387. The smallest absolute Gasteiger partial charge is 0.261 e. The van der Waals surface area contributed by atoms with Crippen LogP contribution in [0, 0.1) is 5.92 Å². The zero-order valence-electron chi connectivity index (χ0n) is 22.8. The Balaban J connectivity index is 1.69. The molecule has 0 saturated heterocycles. The van der Waals surface area contributed by atoms with E-state index < -0.39 is 18.2 Å². The number of carbonyl (C=O) groups is 3. The molecule has 2 amide bonds. The van der Waals surface area contributed by atoms with Gasteiger partial charge < -0.3 is 19.8 Å². The van der Waals surface area contributed by atoms with Crippen LogP contribution >= 0.6 is 11.8 Å². The lowest BCUT2D eigenvalue weighted by Crippen LogP contribution is -2.54. The van der Waals surface area contributed by atoms with Gasteiger partial charge in [0.05, 0.1) is 23.8 Å². The van der Waals surface area contributed by atoms with Crippen LogP contribution in [0.4, 0.5) is 0 Å². The number of thioether (sulfide) groups is 1. The van der Waals surface area contributed by atoms with Crippen LogP contribution in [0.5, 0.6) is 5.75 Å². The van der Waals surface area contributed by atoms with Crippen LogP contribution in [0.3, 0.4) is 0 Å². The molecule has 2 N–H and O–H groups in total. The van der Waals surface area contributed by atoms with Crippen molar-refractivity contribution >= 4 is 29.4 Å². The summed E-state index contributed by atoms with van der Waals surface area (Å²) in [6, 6.07) is 20.9. The number of hydrogen-bond acceptors (Lipinski definition) is 6. The first-order chi connectivity index (χ1) is 18.9. The Morgan fingerprint density at radius 3 is 2.15 bits per heavy atom. The molecule has 0 aliphatic heterocycles. The molecule has 0 spiro atoms. The van der Waals surface area contributed by atoms with Crippen molar-refractivity contribution in [3.05, 3.63) is 90.4 Å². The third kappa shape index (κ3) is 10.3. The molecule has 3 aromatic rings. The minimum absolute atomic E-state index is 0.0859. The third-order valence-electron chi connectivity index (χ3n) is 6.08. The van der Waals surface area contributed by atoms with Crippen molar-refractivity contribution in [1.29, 1.82) is 0 Å². The molecule has 2 aromatic carbocycles. The first-order valence-corrected chi connectivity index (χ1v) is 14.5. The van der Waals surface area contributed by atoms with Crippen LogP contribution in [-0.4, -0.2) is 41.5 Å². The van der Waals surface area contributed by atoms with Crippen molar-refractivity contribution in [2.24, 2.45) is 5.92 Å². The number of rotatable bonds is 16. The summed E-state index contributed by atoms with van der Waals surface area (Å²) >= 11 is 1.44. The van der Waals surface area contributed by atoms with Crippen LogP contribution in [0.15, 0.2) is 83.5 Å². The van der Waals surface area contributed by atoms with Gasteiger partial charge in [0.15, 0.2) is 11.9 Å². The van der Waals surface area contributed by atoms with Gasteiger partial charge in [-0.15, -0.1) is 11.8 Å². The molecule has 1 heterocycles. The second-order valence-electron chi connectivity index (χ2n) is 9.81. The highest BCUT2D eigenvalue weighted by molar-refractivity contribution is 7.99. The van der Waals surface area contributed by atoms with Gasteiger partial charge in [0, 0.05) is 0 Å². The molecule has 0 aliphatic rings. The van der Waals surface area contributed by atoms with E-state index in [9.17, 15) is 14.4 Å². The van der Waals surface area contributed by atoms with Gasteiger partial charge in [-0.1, -0.05) is 69.3 Å². The summed E-state index contributed by atoms with van der Waals surface area (Å²) in [5.41, 5.74) is 0.943. The van der Waals surface area contributed by atoms with E-state index in [0.717, 1.165) is 11.3 Å². The van der Waals surface area contributed by atoms with E-state index in [1.807, 2.05) is 81.4 Å². The molecule has 1 aromatic heterocycles. The summed E-state index contributed by atoms with van der Waals surface area (Å²) in [4.78, 5) is 39.9. The molecule has 0 aliphatic carbocycles. The minimum atomic E-state index is -0.798. The van der Waals surface area contributed by atoms with E-state index in [2.05, 4.69) is 10.6 Å². The highest BCUT2D eigenvalue weighted by Gasteiger charge is 2.30. The van der Waals surface area contributed by atoms with Gasteiger partial charge >= 0.3 is 0 Å². The molecule has 3 atom stereocenters. The third-order valence-corrected chi connectivity index (χ3v) is 7.06. The Hall–Kier alpha value is -3.52. The van der Waals surface area contributed by atoms with E-state index in [-0.39, 0.29) is 29.3 Å². The number of ketones is 1. The van der Waals surface area contributed by atoms with Crippen LogP contribution in [0.25, 0.3) is 0 Å². The first-order valence-electron chi connectivity index (χ1n) is 13.3. The van der Waals surface area contributed by atoms with Gasteiger partial charge in [0.25, 0.3) is 5.91 Å². The second-order valence-corrected chi connectivity index (χ2v) is 10.8. The van der Waals surface area contributed by atoms with Crippen molar-refractivity contribution in [2.75, 3.05) is 5.75 Å². The average Bonchev–Trinajstić information content (AvgIpc) is 3.45. The van der Waals surface area contributed by atoms with Crippen LogP contribution in [-0.2, 0) is 26.6 Å². The lowest BCUT2D eigenvalue weighted by molar-refractivity contribution is -0.134. The highest BCUT2D eigenvalue weighted by atomic mass is 32.2. The lowest BCUT2D eigenvalue weighted by Gasteiger charge is -2.26. The van der Waals surface area contributed by atoms with Crippen molar-refractivity contribution in [3.63, 3.8) is 0 Å². The summed E-state index contributed by atoms with van der Waals surface area (Å²) in [5.74, 6) is 1.49. The fourth-order valence-electron chi connectivity index (χ4n) is 4.07. The fourth-order valence-corrected chi connectivity index (χ4v) is 4.94. The molecule has 0 bridgehead atoms. The molecular formula is C31H38N2O5S. The SMILES string of the molecule is CCC(Oc1ccccc1)C(=O)NC(CC(C)C)C(=O)NC(Cc1ccccc1)C(=O)CSCc1ccco1. The summed E-state index contributed by atoms with van der Waals surface area (Å²) < 4.78 is 11.2. The molecule has 3 unspecified atom stereocenters. The number of hydrogen-bond donors (Lipinski definition) is 2. The minimum Gasteiger partial charge on any atom is -0.481 e. The zero-order valence-corrected chi connectivity index (χ0v) is 23.6. The van der Waals surface area contributed by atoms with Gasteiger partial charge in [-0.3, -0.25) is 14.4 Å². The summed E-state index contributed by atoms with van der Waals surface area (Å²) in [7, 11) is 0. The van der Waals surface area contributed by atoms with Crippen molar-refractivity contribution < 1.29 is 23.5 Å². The predicted octanol–water partition coefficient (Wildman–Crippen LogP) is 5.20. The Labute approximate surface area is 235 Å². The monoisotopic (exact) mass is 550 g/mol. The Morgan fingerprint density at radius 2 is 1.54 bits per heavy atom. The number of Topliss-reactive ketones (excluding diaryl/α,β-unsaturated/α-hetero) is 1. The van der Waals surface area contributed by atoms with E-state index >= 15 is 0 Å². The predicted molar refractivity (Wildman–Crippen MR) is 154 cm³/mol. The zero-order chi connectivity index (χ0) is 28.0. The van der Waals surface area contributed by atoms with Gasteiger partial charge in [-0.25, -0.2) is 0 Å². The maximum absolute atomic E-state index is 13.5. The number of ether oxygens (including phenoxy) is 1. The van der Waals surface area contributed by atoms with Crippen molar-refractivity contribution in [2.45, 2.75) is 64.0 Å². The normalized spacial score (nSPS) is 13.3. The number of nitrogens with one attached hydrogen (secondary N) is 2. The van der Waals surface area contributed by atoms with Crippen molar-refractivity contribution in [3.8, 4) is 5.75 Å². The second kappa shape index (κ2) is 15.8. The highest BCUT2D eigenvalue weighted by Crippen LogP contribution is 2.16. The molecule has 8 heteroatoms. The summed E-state index contributed by atoms with van der Waals surface area (Å²) in [6.45, 7) is 5.84. The largest absolute Gasteiger partial charge is 0.481 e. The van der Waals surface area contributed by atoms with Crippen LogP contribution in [0.2, 0.25) is 0 Å². The van der Waals surface area contributed by atoms with E-state index in [4.69, 9.17) is 9.15 Å². The Bertz CT molecular complexity index is 1150. The molecule has 39 heavy (non-hydrogen) atoms. The Kier molecular flexibility index (Phi) is 12.2. The molecule has 3 rings (SSSR count). The number of furan rings is 1. The standard InChI is InChI=1S/C31H38N2O5S/c1-4-29(38-24-14-9-6-10-15-24)31(36)33-27(18-22(2)3)30(35)32-26(19-23-12-7-5-8-13-23)28(34)21-39-20-25-16-11-17-37-25/h5-17,22,26-27,29H,4,18-21H2,1-3H3,(H,32,35)(H,33,36). The first kappa shape index (κ1) is 30.0. The van der Waals surface area contributed by atoms with Gasteiger partial charge in [-0.2, -0.15) is 0 Å². The number of amides is 2. The van der Waals surface area contributed by atoms with Crippen LogP contribution < -0.4 is 15.4 Å². The molecule has 0 saturated carbocycles. The topological polar surface area (TPSA) is 97.6 Å². The van der Waals surface area contributed by atoms with Crippen molar-refractivity contribution in [1.82, 2.24) is 10.6 Å². The summed E-state index contributed by atoms with van der Waals surface area (Å²) in [5, 5.41) is 5.83. The van der Waals surface area contributed by atoms with Crippen LogP contribution in [0.1, 0.15) is 44.9 Å². The van der Waals surface area contributed by atoms with Gasteiger partial charge in [-0.05, 0) is 55.0 Å². The number of carbonyl (C=O) groups excluding carboxylic acids is 3. The number of para-hydroxylation sites is 1. The van der Waals surface area contributed by atoms with E-state index in [1.54, 1.807) is 18.4 Å².